The third kappa shape index (κ3) is 14.5. The molecular weight excluding hydrogens is 513 g/mol. The Morgan fingerprint density at radius 2 is 0.865 bits per heavy atom. The summed E-state index contributed by atoms with van der Waals surface area (Å²) in [7, 11) is 3.96. The van der Waals surface area contributed by atoms with Gasteiger partial charge in [-0.1, -0.05) is 0 Å². The maximum absolute atomic E-state index is 13.5. The van der Waals surface area contributed by atoms with Gasteiger partial charge in [-0.15, -0.1) is 0 Å². The first-order valence-corrected chi connectivity index (χ1v) is 11.6. The molecule has 0 aliphatic carbocycles. The van der Waals surface area contributed by atoms with Gasteiger partial charge < -0.3 is 38.1 Å². The average molecular weight is 548 g/mol. The maximum atomic E-state index is 13.5. The van der Waals surface area contributed by atoms with Crippen LogP contribution in [0, 0.1) is 29.1 Å². The number of likely N-dealkylation sites (N-methyl/N-ethyl adjacent to an activating group) is 1. The lowest BCUT2D eigenvalue weighted by Crippen LogP contribution is -2.19. The number of carbonyl (C=O) groups is 1. The van der Waals surface area contributed by atoms with Crippen LogP contribution in [0.5, 0.6) is 5.75 Å². The van der Waals surface area contributed by atoms with Gasteiger partial charge in [0.1, 0.15) is 0 Å². The van der Waals surface area contributed by atoms with Crippen LogP contribution in [-0.4, -0.2) is 111 Å². The normalized spacial score (nSPS) is 11.5. The molecule has 14 heteroatoms. The molecule has 0 N–H and O–H groups in total. The topological polar surface area (TPSA) is 84.9 Å². The fraction of sp³-hybridized carbons (Fsp3) is 0.696. The van der Waals surface area contributed by atoms with Gasteiger partial charge in [-0.2, -0.15) is 8.78 Å². The highest BCUT2D eigenvalue weighted by molar-refractivity contribution is 5.72. The van der Waals surface area contributed by atoms with E-state index < -0.39 is 47.2 Å². The Morgan fingerprint density at radius 1 is 0.541 bits per heavy atom. The second-order valence-corrected chi connectivity index (χ2v) is 7.60. The monoisotopic (exact) mass is 547 g/mol. The van der Waals surface area contributed by atoms with Gasteiger partial charge in [0.2, 0.25) is 34.8 Å². The summed E-state index contributed by atoms with van der Waals surface area (Å²) >= 11 is 0. The van der Waals surface area contributed by atoms with Gasteiger partial charge in [-0.05, 0) is 14.1 Å². The summed E-state index contributed by atoms with van der Waals surface area (Å²) in [4.78, 5) is 13.6. The maximum Gasteiger partial charge on any atom is 0.313 e. The molecule has 0 aromatic heterocycles. The molecule has 1 rings (SSSR count). The van der Waals surface area contributed by atoms with Crippen LogP contribution < -0.4 is 4.74 Å². The second-order valence-electron chi connectivity index (χ2n) is 7.60. The molecule has 0 radical (unpaired) electrons. The van der Waals surface area contributed by atoms with Crippen molar-refractivity contribution in [2.75, 3.05) is 99.9 Å². The lowest BCUT2D eigenvalue weighted by Gasteiger charge is -2.10. The summed E-state index contributed by atoms with van der Waals surface area (Å²) in [5, 5.41) is 0. The van der Waals surface area contributed by atoms with E-state index in [9.17, 15) is 26.7 Å². The Morgan fingerprint density at radius 3 is 1.24 bits per heavy atom. The molecule has 0 saturated heterocycles. The highest BCUT2D eigenvalue weighted by Gasteiger charge is 2.28. The smallest absolute Gasteiger partial charge is 0.313 e. The molecule has 214 valence electrons. The highest BCUT2D eigenvalue weighted by Crippen LogP contribution is 2.29. The van der Waals surface area contributed by atoms with Gasteiger partial charge in [0.25, 0.3) is 0 Å². The lowest BCUT2D eigenvalue weighted by molar-refractivity contribution is -0.136. The number of esters is 1. The average Bonchev–Trinajstić information content (AvgIpc) is 2.87. The summed E-state index contributed by atoms with van der Waals surface area (Å²) in [6.07, 6.45) is -0.474. The second kappa shape index (κ2) is 20.1. The number of carbonyl (C=O) groups excluding carboxylic acids is 1. The number of halogens is 5. The number of nitrogens with zero attached hydrogens (tertiary/aromatic N) is 1. The number of rotatable bonds is 22. The van der Waals surface area contributed by atoms with Crippen LogP contribution in [-0.2, 0) is 33.2 Å². The van der Waals surface area contributed by atoms with Crippen LogP contribution in [0.2, 0.25) is 0 Å². The van der Waals surface area contributed by atoms with E-state index in [2.05, 4.69) is 4.74 Å². The van der Waals surface area contributed by atoms with Crippen molar-refractivity contribution >= 4 is 5.97 Å². The van der Waals surface area contributed by atoms with Gasteiger partial charge in [-0.3, -0.25) is 4.79 Å². The van der Waals surface area contributed by atoms with Crippen LogP contribution in [0.15, 0.2) is 0 Å². The molecule has 0 aliphatic heterocycles. The minimum absolute atomic E-state index is 0.0968. The Bertz CT molecular complexity index is 759. The summed E-state index contributed by atoms with van der Waals surface area (Å²) in [6.45, 7) is 4.99. The standard InChI is InChI=1S/C23H34F5NO8/c1-29(2)4-6-32-8-10-34-12-14-36-16-15-35-13-11-33-9-7-31-5-3-17(30)37-23-21(27)19(25)18(24)20(26)22(23)28/h3-16H2,1-2H3. The van der Waals surface area contributed by atoms with E-state index in [1.807, 2.05) is 19.0 Å². The first-order valence-electron chi connectivity index (χ1n) is 11.6. The van der Waals surface area contributed by atoms with Crippen molar-refractivity contribution in [2.24, 2.45) is 0 Å². The van der Waals surface area contributed by atoms with E-state index >= 15 is 0 Å². The van der Waals surface area contributed by atoms with Crippen LogP contribution in [0.3, 0.4) is 0 Å². The number of ether oxygens (including phenoxy) is 7. The fourth-order valence-corrected chi connectivity index (χ4v) is 2.44. The SMILES string of the molecule is CN(C)CCOCCOCCOCCOCCOCCOCCC(=O)Oc1c(F)c(F)c(F)c(F)c1F. The van der Waals surface area contributed by atoms with E-state index in [0.29, 0.717) is 59.5 Å². The zero-order valence-corrected chi connectivity index (χ0v) is 21.0. The third-order valence-electron chi connectivity index (χ3n) is 4.38. The molecule has 0 heterocycles. The van der Waals surface area contributed by atoms with Crippen molar-refractivity contribution in [3.63, 3.8) is 0 Å². The zero-order valence-electron chi connectivity index (χ0n) is 21.0. The van der Waals surface area contributed by atoms with Crippen molar-refractivity contribution in [1.82, 2.24) is 4.90 Å². The summed E-state index contributed by atoms with van der Waals surface area (Å²) in [5.74, 6) is -14.1. The molecule has 37 heavy (non-hydrogen) atoms. The molecule has 0 aliphatic rings. The summed E-state index contributed by atoms with van der Waals surface area (Å²) in [5.41, 5.74) is 0. The van der Waals surface area contributed by atoms with E-state index in [1.165, 1.54) is 0 Å². The fourth-order valence-electron chi connectivity index (χ4n) is 2.44. The van der Waals surface area contributed by atoms with Gasteiger partial charge in [0.05, 0.1) is 85.7 Å². The first kappa shape index (κ1) is 33.1. The minimum Gasteiger partial charge on any atom is -0.420 e. The number of hydrogen-bond donors (Lipinski definition) is 0. The molecule has 0 saturated carbocycles. The Hall–Kier alpha value is -1.94. The molecule has 0 spiro atoms. The van der Waals surface area contributed by atoms with Crippen molar-refractivity contribution in [1.29, 1.82) is 0 Å². The number of benzene rings is 1. The van der Waals surface area contributed by atoms with E-state index in [4.69, 9.17) is 28.4 Å². The summed E-state index contributed by atoms with van der Waals surface area (Å²) in [6, 6.07) is 0. The molecule has 0 bridgehead atoms. The highest BCUT2D eigenvalue weighted by atomic mass is 19.2. The van der Waals surface area contributed by atoms with Crippen LogP contribution in [0.4, 0.5) is 22.0 Å². The van der Waals surface area contributed by atoms with Crippen molar-refractivity contribution in [3.05, 3.63) is 29.1 Å². The van der Waals surface area contributed by atoms with Crippen molar-refractivity contribution < 1.29 is 59.9 Å². The van der Waals surface area contributed by atoms with E-state index in [1.54, 1.807) is 0 Å². The van der Waals surface area contributed by atoms with Gasteiger partial charge in [0.15, 0.2) is 0 Å². The Labute approximate surface area is 212 Å². The quantitative estimate of drug-likeness (QED) is 0.0543. The molecule has 1 aromatic rings. The Kier molecular flexibility index (Phi) is 18.0. The van der Waals surface area contributed by atoms with Crippen LogP contribution >= 0.6 is 0 Å². The van der Waals surface area contributed by atoms with Crippen molar-refractivity contribution in [2.45, 2.75) is 6.42 Å². The summed E-state index contributed by atoms with van der Waals surface area (Å²) < 4.78 is 102. The lowest BCUT2D eigenvalue weighted by atomic mass is 10.2. The largest absolute Gasteiger partial charge is 0.420 e. The molecular formula is C23H34F5NO8. The zero-order chi connectivity index (χ0) is 27.5. The Balaban J connectivity index is 1.90. The van der Waals surface area contributed by atoms with E-state index in [-0.39, 0.29) is 19.8 Å². The molecule has 9 nitrogen and oxygen atoms in total. The molecule has 0 unspecified atom stereocenters. The van der Waals surface area contributed by atoms with Gasteiger partial charge in [-0.25, -0.2) is 13.2 Å². The molecule has 0 fully saturated rings. The van der Waals surface area contributed by atoms with Crippen LogP contribution in [0.25, 0.3) is 0 Å². The minimum atomic E-state index is -2.34. The predicted octanol–water partition coefficient (Wildman–Crippen LogP) is 2.34. The van der Waals surface area contributed by atoms with E-state index in [0.717, 1.165) is 6.54 Å². The molecule has 0 atom stereocenters. The van der Waals surface area contributed by atoms with Gasteiger partial charge in [0, 0.05) is 6.54 Å². The first-order chi connectivity index (χ1) is 17.8. The third-order valence-corrected chi connectivity index (χ3v) is 4.38. The molecule has 0 amide bonds. The van der Waals surface area contributed by atoms with Crippen molar-refractivity contribution in [3.8, 4) is 5.75 Å². The predicted molar refractivity (Wildman–Crippen MR) is 120 cm³/mol. The number of hydrogen-bond acceptors (Lipinski definition) is 9. The molecule has 1 aromatic carbocycles. The van der Waals surface area contributed by atoms with Crippen LogP contribution in [0.1, 0.15) is 6.42 Å². The van der Waals surface area contributed by atoms with Gasteiger partial charge >= 0.3 is 5.97 Å².